The Kier molecular flexibility index (Phi) is 8.82. The maximum absolute atomic E-state index is 2.53. The van der Waals surface area contributed by atoms with Crippen LogP contribution in [0.25, 0.3) is 16.7 Å². The predicted octanol–water partition coefficient (Wildman–Crippen LogP) is 2.37. The summed E-state index contributed by atoms with van der Waals surface area (Å²) in [6, 6.07) is 7.36. The summed E-state index contributed by atoms with van der Waals surface area (Å²) in [7, 11) is 0. The van der Waals surface area contributed by atoms with E-state index in [-0.39, 0.29) is 35.6 Å². The zero-order chi connectivity index (χ0) is 22.7. The number of halogens is 2. The molecule has 4 rings (SSSR count). The van der Waals surface area contributed by atoms with Crippen LogP contribution < -0.4 is 24.8 Å². The summed E-state index contributed by atoms with van der Waals surface area (Å²) < 4.78 is 0.522. The van der Waals surface area contributed by atoms with Gasteiger partial charge in [0.15, 0.2) is 0 Å². The Hall–Kier alpha value is -0.617. The zero-order valence-corrected chi connectivity index (χ0v) is 25.4. The van der Waals surface area contributed by atoms with Crippen molar-refractivity contribution in [2.24, 2.45) is 0 Å². The third kappa shape index (κ3) is 4.77. The molecule has 0 bridgehead atoms. The van der Waals surface area contributed by atoms with Gasteiger partial charge in [-0.1, -0.05) is 0 Å². The van der Waals surface area contributed by atoms with Crippen LogP contribution in [0.3, 0.4) is 0 Å². The molecule has 0 amide bonds. The molecular formula is C30H37Cl2Zr. The third-order valence-electron chi connectivity index (χ3n) is 7.09. The summed E-state index contributed by atoms with van der Waals surface area (Å²) in [4.78, 5) is 0. The Bertz CT molecular complexity index is 1110. The molecule has 0 radical (unpaired) electrons. The normalized spacial score (nSPS) is 16.7. The van der Waals surface area contributed by atoms with Gasteiger partial charge < -0.3 is 24.8 Å². The summed E-state index contributed by atoms with van der Waals surface area (Å²) in [5.74, 6) is 0. The topological polar surface area (TPSA) is 0 Å². The second kappa shape index (κ2) is 10.2. The van der Waals surface area contributed by atoms with E-state index in [1.54, 1.807) is 63.7 Å². The van der Waals surface area contributed by atoms with Gasteiger partial charge in [0.05, 0.1) is 0 Å². The molecule has 0 N–H and O–H groups in total. The van der Waals surface area contributed by atoms with E-state index in [1.807, 2.05) is 0 Å². The van der Waals surface area contributed by atoms with Gasteiger partial charge in [0, 0.05) is 0 Å². The number of rotatable bonds is 3. The molecule has 3 heteroatoms. The first-order valence-corrected chi connectivity index (χ1v) is 13.4. The molecule has 0 fully saturated rings. The van der Waals surface area contributed by atoms with E-state index in [0.717, 1.165) is 19.3 Å². The van der Waals surface area contributed by atoms with Crippen molar-refractivity contribution in [1.29, 1.82) is 0 Å². The fourth-order valence-corrected chi connectivity index (χ4v) is 6.99. The summed E-state index contributed by atoms with van der Waals surface area (Å²) in [6.07, 6.45) is 10.2. The van der Waals surface area contributed by atoms with Gasteiger partial charge in [0.2, 0.25) is 0 Å². The van der Waals surface area contributed by atoms with Gasteiger partial charge in [0.1, 0.15) is 0 Å². The average Bonchev–Trinajstić information content (AvgIpc) is 3.32. The van der Waals surface area contributed by atoms with Gasteiger partial charge in [-0.25, -0.2) is 0 Å². The van der Waals surface area contributed by atoms with Crippen LogP contribution in [-0.2, 0) is 48.4 Å². The molecule has 2 aliphatic rings. The molecule has 2 aromatic carbocycles. The van der Waals surface area contributed by atoms with Crippen molar-refractivity contribution in [3.63, 3.8) is 0 Å². The predicted molar refractivity (Wildman–Crippen MR) is 132 cm³/mol. The van der Waals surface area contributed by atoms with Crippen LogP contribution in [0.1, 0.15) is 104 Å². The number of hydrogen-bond donors (Lipinski definition) is 0. The Morgan fingerprint density at radius 2 is 1.52 bits per heavy atom. The van der Waals surface area contributed by atoms with Crippen LogP contribution in [0.4, 0.5) is 0 Å². The standard InChI is InChI=1S/C30H37.2ClH.Zr/c1-9-22-23(10-2)28(30(6,7)8)26(19-13-11-12-14-19)25-18-20-17-21(29(3,4)5)15-16-24(20)27(22)25;;;/h11-13,15-18H,9-10,14H2,1-8H3;2*1H;/q;;;+2/p-2. The molecule has 0 heterocycles. The van der Waals surface area contributed by atoms with E-state index in [1.165, 1.54) is 16.7 Å². The van der Waals surface area contributed by atoms with Crippen molar-refractivity contribution in [2.75, 3.05) is 0 Å². The second-order valence-corrected chi connectivity index (χ2v) is 12.7. The van der Waals surface area contributed by atoms with Crippen LogP contribution in [0.15, 0.2) is 36.4 Å². The molecular weight excluding hydrogens is 522 g/mol. The van der Waals surface area contributed by atoms with Crippen LogP contribution in [0.2, 0.25) is 0 Å². The van der Waals surface area contributed by atoms with E-state index in [2.05, 4.69) is 91.8 Å². The van der Waals surface area contributed by atoms with Crippen molar-refractivity contribution >= 4 is 5.57 Å². The summed E-state index contributed by atoms with van der Waals surface area (Å²) >= 11 is 1.60. The minimum Gasteiger partial charge on any atom is -1.00 e. The maximum atomic E-state index is 2.53. The number of benzene rings is 2. The molecule has 0 saturated heterocycles. The molecule has 0 nitrogen and oxygen atoms in total. The van der Waals surface area contributed by atoms with Gasteiger partial charge in [-0.2, -0.15) is 0 Å². The van der Waals surface area contributed by atoms with Crippen LogP contribution in [0, 0.1) is 0 Å². The summed E-state index contributed by atoms with van der Waals surface area (Å²) in [6.45, 7) is 19.0. The van der Waals surface area contributed by atoms with Crippen LogP contribution >= 0.6 is 0 Å². The quantitative estimate of drug-likeness (QED) is 0.542. The first kappa shape index (κ1) is 28.6. The van der Waals surface area contributed by atoms with Crippen molar-refractivity contribution in [1.82, 2.24) is 0 Å². The van der Waals surface area contributed by atoms with E-state index in [9.17, 15) is 0 Å². The van der Waals surface area contributed by atoms with Crippen LogP contribution in [0.5, 0.6) is 0 Å². The van der Waals surface area contributed by atoms with Crippen molar-refractivity contribution in [2.45, 2.75) is 89.1 Å². The Morgan fingerprint density at radius 3 is 2.00 bits per heavy atom. The molecule has 33 heavy (non-hydrogen) atoms. The van der Waals surface area contributed by atoms with Gasteiger partial charge in [0.25, 0.3) is 0 Å². The number of fused-ring (bicyclic) bond motifs is 3. The molecule has 0 saturated carbocycles. The third-order valence-corrected chi connectivity index (χ3v) is 8.57. The fraction of sp³-hybridized carbons (Fsp3) is 0.467. The Morgan fingerprint density at radius 1 is 0.879 bits per heavy atom. The van der Waals surface area contributed by atoms with Crippen LogP contribution in [-0.4, -0.2) is 0 Å². The smallest absolute Gasteiger partial charge is 1.00 e. The Labute approximate surface area is 229 Å². The summed E-state index contributed by atoms with van der Waals surface area (Å²) in [5.41, 5.74) is 16.0. The minimum absolute atomic E-state index is 0. The SMILES string of the molecule is CCc1c(CC)c(C(C)(C)C)c(C2=CC=CC2)c2c1-c1ccc(C(C)(C)C)cc1[CH]2[Zr+2].[Cl-].[Cl-]. The largest absolute Gasteiger partial charge is 1.00 e. The zero-order valence-electron chi connectivity index (χ0n) is 21.4. The molecule has 0 spiro atoms. The van der Waals surface area contributed by atoms with Gasteiger partial charge in [-0.05, 0) is 0 Å². The maximum Gasteiger partial charge on any atom is -1.00 e. The van der Waals surface area contributed by atoms with Crippen molar-refractivity contribution in [3.8, 4) is 11.1 Å². The molecule has 2 aromatic rings. The molecule has 2 aliphatic carbocycles. The van der Waals surface area contributed by atoms with Gasteiger partial charge in [-0.15, -0.1) is 0 Å². The van der Waals surface area contributed by atoms with E-state index in [4.69, 9.17) is 0 Å². The van der Waals surface area contributed by atoms with Gasteiger partial charge in [-0.3, -0.25) is 0 Å². The molecule has 1 unspecified atom stereocenters. The fourth-order valence-electron chi connectivity index (χ4n) is 5.70. The summed E-state index contributed by atoms with van der Waals surface area (Å²) in [5, 5.41) is 0. The van der Waals surface area contributed by atoms with E-state index in [0.29, 0.717) is 3.63 Å². The monoisotopic (exact) mass is 557 g/mol. The van der Waals surface area contributed by atoms with Crippen molar-refractivity contribution < 1.29 is 49.5 Å². The van der Waals surface area contributed by atoms with E-state index < -0.39 is 0 Å². The molecule has 0 aliphatic heterocycles. The molecule has 1 atom stereocenters. The first-order chi connectivity index (χ1) is 14.5. The van der Waals surface area contributed by atoms with Gasteiger partial charge >= 0.3 is 206 Å². The van der Waals surface area contributed by atoms with Crippen molar-refractivity contribution in [3.05, 3.63) is 75.4 Å². The number of hydrogen-bond acceptors (Lipinski definition) is 0. The minimum atomic E-state index is 0. The average molecular weight is 560 g/mol. The van der Waals surface area contributed by atoms with E-state index >= 15 is 0 Å². The molecule has 0 aromatic heterocycles. The first-order valence-electron chi connectivity index (χ1n) is 11.9. The Balaban J connectivity index is 0.00000193. The molecule has 175 valence electrons. The second-order valence-electron chi connectivity index (χ2n) is 11.3. The number of allylic oxidation sites excluding steroid dienone is 4.